The SMILES string of the molecule is COc1ccc(CNC(=O)CNS(=O)(=O)c2ccc(Cl)cc2)cc1OC. The Balaban J connectivity index is 1.90. The van der Waals surface area contributed by atoms with E-state index >= 15 is 0 Å². The molecule has 0 aromatic heterocycles. The topological polar surface area (TPSA) is 93.7 Å². The van der Waals surface area contributed by atoms with Crippen molar-refractivity contribution in [2.24, 2.45) is 0 Å². The number of halogens is 1. The summed E-state index contributed by atoms with van der Waals surface area (Å²) >= 11 is 5.73. The van der Waals surface area contributed by atoms with Crippen LogP contribution in [0.5, 0.6) is 11.5 Å². The summed E-state index contributed by atoms with van der Waals surface area (Å²) in [5.41, 5.74) is 0.788. The molecule has 140 valence electrons. The summed E-state index contributed by atoms with van der Waals surface area (Å²) in [5.74, 6) is 0.665. The third-order valence-electron chi connectivity index (χ3n) is 3.48. The Kier molecular flexibility index (Phi) is 6.84. The van der Waals surface area contributed by atoms with Gasteiger partial charge >= 0.3 is 0 Å². The van der Waals surface area contributed by atoms with Crippen molar-refractivity contribution >= 4 is 27.5 Å². The Bertz CT molecular complexity index is 869. The third kappa shape index (κ3) is 5.35. The molecule has 1 amide bonds. The van der Waals surface area contributed by atoms with Gasteiger partial charge in [-0.2, -0.15) is 0 Å². The lowest BCUT2D eigenvalue weighted by Gasteiger charge is -2.11. The molecule has 9 heteroatoms. The average Bonchev–Trinajstić information content (AvgIpc) is 2.64. The summed E-state index contributed by atoms with van der Waals surface area (Å²) in [5, 5.41) is 3.06. The number of hydrogen-bond donors (Lipinski definition) is 2. The van der Waals surface area contributed by atoms with Crippen molar-refractivity contribution in [1.82, 2.24) is 10.0 Å². The van der Waals surface area contributed by atoms with E-state index < -0.39 is 15.9 Å². The Morgan fingerprint density at radius 3 is 2.31 bits per heavy atom. The van der Waals surface area contributed by atoms with E-state index in [-0.39, 0.29) is 18.0 Å². The molecular formula is C17H19ClN2O5S. The predicted octanol–water partition coefficient (Wildman–Crippen LogP) is 1.95. The van der Waals surface area contributed by atoms with Crippen molar-refractivity contribution in [1.29, 1.82) is 0 Å². The number of ether oxygens (including phenoxy) is 2. The fourth-order valence-electron chi connectivity index (χ4n) is 2.11. The van der Waals surface area contributed by atoms with E-state index in [1.165, 1.54) is 38.5 Å². The number of sulfonamides is 1. The van der Waals surface area contributed by atoms with Crippen LogP contribution in [-0.4, -0.2) is 35.1 Å². The Hall–Kier alpha value is -2.29. The highest BCUT2D eigenvalue weighted by Crippen LogP contribution is 2.27. The van der Waals surface area contributed by atoms with Gasteiger partial charge in [-0.3, -0.25) is 4.79 Å². The first-order valence-electron chi connectivity index (χ1n) is 7.58. The highest BCUT2D eigenvalue weighted by molar-refractivity contribution is 7.89. The summed E-state index contributed by atoms with van der Waals surface area (Å²) in [6.45, 7) is -0.153. The molecule has 2 rings (SSSR count). The minimum absolute atomic E-state index is 0.0367. The van der Waals surface area contributed by atoms with Gasteiger partial charge in [-0.05, 0) is 42.0 Å². The number of carbonyl (C=O) groups is 1. The number of carbonyl (C=O) groups excluding carboxylic acids is 1. The number of rotatable bonds is 8. The van der Waals surface area contributed by atoms with Gasteiger partial charge in [0.1, 0.15) is 0 Å². The number of hydrogen-bond acceptors (Lipinski definition) is 5. The highest BCUT2D eigenvalue weighted by Gasteiger charge is 2.15. The fraction of sp³-hybridized carbons (Fsp3) is 0.235. The van der Waals surface area contributed by atoms with E-state index in [9.17, 15) is 13.2 Å². The maximum absolute atomic E-state index is 12.1. The molecule has 0 heterocycles. The van der Waals surface area contributed by atoms with Crippen LogP contribution < -0.4 is 19.5 Å². The standard InChI is InChI=1S/C17H19ClN2O5S/c1-24-15-8-3-12(9-16(15)25-2)10-19-17(21)11-20-26(22,23)14-6-4-13(18)5-7-14/h3-9,20H,10-11H2,1-2H3,(H,19,21). The van der Waals surface area contributed by atoms with Gasteiger partial charge in [-0.1, -0.05) is 17.7 Å². The molecule has 7 nitrogen and oxygen atoms in total. The van der Waals surface area contributed by atoms with Gasteiger partial charge in [0.2, 0.25) is 15.9 Å². The average molecular weight is 399 g/mol. The van der Waals surface area contributed by atoms with Crippen LogP contribution in [0.15, 0.2) is 47.4 Å². The number of methoxy groups -OCH3 is 2. The first-order valence-corrected chi connectivity index (χ1v) is 9.44. The second-order valence-corrected chi connectivity index (χ2v) is 7.45. The Morgan fingerprint density at radius 2 is 1.69 bits per heavy atom. The molecule has 2 aromatic carbocycles. The monoisotopic (exact) mass is 398 g/mol. The Labute approximate surface area is 157 Å². The molecule has 0 unspecified atom stereocenters. The van der Waals surface area contributed by atoms with Crippen molar-refractivity contribution < 1.29 is 22.7 Å². The zero-order valence-corrected chi connectivity index (χ0v) is 15.9. The maximum atomic E-state index is 12.1. The molecule has 2 N–H and O–H groups in total. The molecule has 0 aliphatic rings. The summed E-state index contributed by atoms with van der Waals surface area (Å²) in [7, 11) is -0.727. The molecule has 0 aliphatic heterocycles. The van der Waals surface area contributed by atoms with Gasteiger partial charge in [0.15, 0.2) is 11.5 Å². The van der Waals surface area contributed by atoms with Crippen LogP contribution in [-0.2, 0) is 21.4 Å². The molecule has 2 aromatic rings. The number of amides is 1. The van der Waals surface area contributed by atoms with E-state index in [1.54, 1.807) is 18.2 Å². The lowest BCUT2D eigenvalue weighted by Crippen LogP contribution is -2.36. The molecular weight excluding hydrogens is 380 g/mol. The van der Waals surface area contributed by atoms with Crippen molar-refractivity contribution in [2.45, 2.75) is 11.4 Å². The molecule has 0 saturated carbocycles. The van der Waals surface area contributed by atoms with Crippen LogP contribution in [0, 0.1) is 0 Å². The normalized spacial score (nSPS) is 11.0. The highest BCUT2D eigenvalue weighted by atomic mass is 35.5. The van der Waals surface area contributed by atoms with Crippen molar-refractivity contribution in [3.63, 3.8) is 0 Å². The van der Waals surface area contributed by atoms with Crippen LogP contribution in [0.2, 0.25) is 5.02 Å². The summed E-state index contributed by atoms with van der Waals surface area (Å²) in [6, 6.07) is 10.9. The van der Waals surface area contributed by atoms with Crippen LogP contribution in [0.4, 0.5) is 0 Å². The van der Waals surface area contributed by atoms with Crippen LogP contribution in [0.1, 0.15) is 5.56 Å². The van der Waals surface area contributed by atoms with Gasteiger partial charge in [-0.15, -0.1) is 0 Å². The number of benzene rings is 2. The van der Waals surface area contributed by atoms with E-state index in [0.29, 0.717) is 16.5 Å². The molecule has 0 aliphatic carbocycles. The second kappa shape index (κ2) is 8.88. The summed E-state index contributed by atoms with van der Waals surface area (Å²) < 4.78 is 36.8. The second-order valence-electron chi connectivity index (χ2n) is 5.24. The molecule has 0 radical (unpaired) electrons. The molecule has 0 atom stereocenters. The molecule has 0 saturated heterocycles. The smallest absolute Gasteiger partial charge is 0.241 e. The lowest BCUT2D eigenvalue weighted by atomic mass is 10.2. The maximum Gasteiger partial charge on any atom is 0.241 e. The van der Waals surface area contributed by atoms with E-state index in [4.69, 9.17) is 21.1 Å². The quantitative estimate of drug-likeness (QED) is 0.708. The minimum atomic E-state index is -3.78. The van der Waals surface area contributed by atoms with Gasteiger partial charge < -0.3 is 14.8 Å². The van der Waals surface area contributed by atoms with Crippen LogP contribution in [0.3, 0.4) is 0 Å². The van der Waals surface area contributed by atoms with Gasteiger partial charge in [0, 0.05) is 11.6 Å². The first-order chi connectivity index (χ1) is 12.4. The fourth-order valence-corrected chi connectivity index (χ4v) is 3.22. The van der Waals surface area contributed by atoms with E-state index in [2.05, 4.69) is 10.0 Å². The molecule has 0 fully saturated rings. The molecule has 0 bridgehead atoms. The Morgan fingerprint density at radius 1 is 1.04 bits per heavy atom. The number of nitrogens with one attached hydrogen (secondary N) is 2. The van der Waals surface area contributed by atoms with Crippen molar-refractivity contribution in [3.8, 4) is 11.5 Å². The molecule has 26 heavy (non-hydrogen) atoms. The zero-order chi connectivity index (χ0) is 19.2. The van der Waals surface area contributed by atoms with Gasteiger partial charge in [0.05, 0.1) is 25.7 Å². The summed E-state index contributed by atoms with van der Waals surface area (Å²) in [6.07, 6.45) is 0. The van der Waals surface area contributed by atoms with E-state index in [1.807, 2.05) is 0 Å². The summed E-state index contributed by atoms with van der Waals surface area (Å²) in [4.78, 5) is 11.9. The predicted molar refractivity (Wildman–Crippen MR) is 98.0 cm³/mol. The van der Waals surface area contributed by atoms with Crippen molar-refractivity contribution in [2.75, 3.05) is 20.8 Å². The van der Waals surface area contributed by atoms with Crippen molar-refractivity contribution in [3.05, 3.63) is 53.1 Å². The zero-order valence-electron chi connectivity index (χ0n) is 14.3. The van der Waals surface area contributed by atoms with Gasteiger partial charge in [0.25, 0.3) is 0 Å². The largest absolute Gasteiger partial charge is 0.493 e. The lowest BCUT2D eigenvalue weighted by molar-refractivity contribution is -0.120. The van der Waals surface area contributed by atoms with Crippen LogP contribution >= 0.6 is 11.6 Å². The molecule has 0 spiro atoms. The first kappa shape index (κ1) is 20.0. The van der Waals surface area contributed by atoms with Gasteiger partial charge in [-0.25, -0.2) is 13.1 Å². The van der Waals surface area contributed by atoms with Crippen LogP contribution in [0.25, 0.3) is 0 Å². The third-order valence-corrected chi connectivity index (χ3v) is 5.15. The minimum Gasteiger partial charge on any atom is -0.493 e. The van der Waals surface area contributed by atoms with E-state index in [0.717, 1.165) is 5.56 Å².